The normalized spacial score (nSPS) is 25.1. The molecule has 1 fully saturated rings. The van der Waals surface area contributed by atoms with E-state index in [0.29, 0.717) is 0 Å². The largest absolute Gasteiger partial charge is 0.392 e. The van der Waals surface area contributed by atoms with Crippen molar-refractivity contribution in [2.24, 2.45) is 0 Å². The van der Waals surface area contributed by atoms with E-state index >= 15 is 0 Å². The maximum atomic E-state index is 13.3. The third kappa shape index (κ3) is 3.60. The van der Waals surface area contributed by atoms with Gasteiger partial charge in [0.1, 0.15) is 5.82 Å². The Labute approximate surface area is 123 Å². The van der Waals surface area contributed by atoms with Crippen LogP contribution in [-0.2, 0) is 26.5 Å². The summed E-state index contributed by atoms with van der Waals surface area (Å²) in [6.45, 7) is 0.929. The zero-order valence-electron chi connectivity index (χ0n) is 11.3. The monoisotopic (exact) mass is 337 g/mol. The van der Waals surface area contributed by atoms with Gasteiger partial charge >= 0.3 is 0 Å². The van der Waals surface area contributed by atoms with Crippen LogP contribution in [0.15, 0.2) is 23.1 Å². The molecule has 0 spiro atoms. The molecular formula is C12H16FNO5S2. The van der Waals surface area contributed by atoms with Gasteiger partial charge in [-0.05, 0) is 31.0 Å². The van der Waals surface area contributed by atoms with Gasteiger partial charge in [-0.15, -0.1) is 0 Å². The maximum absolute atomic E-state index is 13.3. The Morgan fingerprint density at radius 2 is 2.10 bits per heavy atom. The molecule has 0 aliphatic carbocycles. The Kier molecular flexibility index (Phi) is 4.13. The zero-order valence-corrected chi connectivity index (χ0v) is 13.0. The summed E-state index contributed by atoms with van der Waals surface area (Å²) in [5.74, 6) is -1.15. The van der Waals surface area contributed by atoms with E-state index < -0.39 is 37.8 Å². The van der Waals surface area contributed by atoms with Crippen LogP contribution < -0.4 is 4.72 Å². The van der Waals surface area contributed by atoms with Gasteiger partial charge in [0.15, 0.2) is 9.84 Å². The van der Waals surface area contributed by atoms with Crippen molar-refractivity contribution in [3.63, 3.8) is 0 Å². The predicted molar refractivity (Wildman–Crippen MR) is 74.3 cm³/mol. The lowest BCUT2D eigenvalue weighted by atomic mass is 10.0. The van der Waals surface area contributed by atoms with Gasteiger partial charge in [0, 0.05) is 5.54 Å². The van der Waals surface area contributed by atoms with E-state index in [1.54, 1.807) is 0 Å². The molecule has 0 amide bonds. The fourth-order valence-corrected chi connectivity index (χ4v) is 6.24. The van der Waals surface area contributed by atoms with Crippen LogP contribution in [0.25, 0.3) is 0 Å². The summed E-state index contributed by atoms with van der Waals surface area (Å²) in [5, 5.41) is 9.17. The van der Waals surface area contributed by atoms with Crippen LogP contribution in [0, 0.1) is 5.82 Å². The lowest BCUT2D eigenvalue weighted by molar-refractivity contribution is 0.278. The first-order valence-electron chi connectivity index (χ1n) is 6.21. The quantitative estimate of drug-likeness (QED) is 0.816. The van der Waals surface area contributed by atoms with Crippen molar-refractivity contribution in [2.75, 3.05) is 11.5 Å². The fraction of sp³-hybridized carbons (Fsp3) is 0.500. The van der Waals surface area contributed by atoms with Gasteiger partial charge < -0.3 is 5.11 Å². The first-order valence-corrected chi connectivity index (χ1v) is 9.51. The van der Waals surface area contributed by atoms with Crippen molar-refractivity contribution in [3.05, 3.63) is 29.6 Å². The third-order valence-corrected chi connectivity index (χ3v) is 7.00. The first kappa shape index (κ1) is 16.3. The summed E-state index contributed by atoms with van der Waals surface area (Å²) in [7, 11) is -7.41. The van der Waals surface area contributed by atoms with E-state index in [1.807, 2.05) is 0 Å². The number of sulfone groups is 1. The molecule has 1 heterocycles. The second-order valence-electron chi connectivity index (χ2n) is 5.42. The van der Waals surface area contributed by atoms with Gasteiger partial charge in [-0.2, -0.15) is 0 Å². The fourth-order valence-electron chi connectivity index (χ4n) is 2.38. The van der Waals surface area contributed by atoms with E-state index in [-0.39, 0.29) is 28.4 Å². The van der Waals surface area contributed by atoms with Gasteiger partial charge in [-0.25, -0.2) is 25.9 Å². The lowest BCUT2D eigenvalue weighted by Gasteiger charge is -2.24. The molecule has 1 unspecified atom stereocenters. The van der Waals surface area contributed by atoms with Crippen LogP contribution in [0.3, 0.4) is 0 Å². The molecule has 0 radical (unpaired) electrons. The molecule has 1 atom stereocenters. The summed E-state index contributed by atoms with van der Waals surface area (Å²) >= 11 is 0. The Hall–Kier alpha value is -1.03. The molecule has 6 nitrogen and oxygen atoms in total. The zero-order chi connectivity index (χ0) is 15.9. The lowest BCUT2D eigenvalue weighted by Crippen LogP contribution is -2.47. The van der Waals surface area contributed by atoms with Crippen LogP contribution in [0.1, 0.15) is 18.9 Å². The molecule has 21 heavy (non-hydrogen) atoms. The predicted octanol–water partition coefficient (Wildman–Crippen LogP) is 0.174. The second kappa shape index (κ2) is 5.31. The number of nitrogens with one attached hydrogen (secondary N) is 1. The van der Waals surface area contributed by atoms with Crippen LogP contribution in [0.5, 0.6) is 0 Å². The highest BCUT2D eigenvalue weighted by Gasteiger charge is 2.41. The van der Waals surface area contributed by atoms with Gasteiger partial charge in [0.2, 0.25) is 10.0 Å². The van der Waals surface area contributed by atoms with E-state index in [2.05, 4.69) is 4.72 Å². The molecule has 1 aliphatic heterocycles. The number of aliphatic hydroxyl groups excluding tert-OH is 1. The average Bonchev–Trinajstić information content (AvgIpc) is 2.62. The van der Waals surface area contributed by atoms with E-state index in [1.165, 1.54) is 13.0 Å². The van der Waals surface area contributed by atoms with Crippen LogP contribution >= 0.6 is 0 Å². The van der Waals surface area contributed by atoms with E-state index in [4.69, 9.17) is 0 Å². The van der Waals surface area contributed by atoms with Crippen molar-refractivity contribution >= 4 is 19.9 Å². The Morgan fingerprint density at radius 1 is 1.43 bits per heavy atom. The van der Waals surface area contributed by atoms with Crippen molar-refractivity contribution in [3.8, 4) is 0 Å². The van der Waals surface area contributed by atoms with Gasteiger partial charge in [0.25, 0.3) is 0 Å². The molecule has 2 rings (SSSR count). The Morgan fingerprint density at radius 3 is 2.62 bits per heavy atom. The molecular weight excluding hydrogens is 321 g/mol. The van der Waals surface area contributed by atoms with Gasteiger partial charge in [-0.1, -0.05) is 6.07 Å². The molecule has 1 aliphatic rings. The Bertz CT molecular complexity index is 760. The second-order valence-corrected chi connectivity index (χ2v) is 9.25. The van der Waals surface area contributed by atoms with Crippen LogP contribution in [0.4, 0.5) is 4.39 Å². The highest BCUT2D eigenvalue weighted by Crippen LogP contribution is 2.26. The highest BCUT2D eigenvalue weighted by atomic mass is 32.2. The molecule has 0 bridgehead atoms. The minimum atomic E-state index is -4.13. The molecule has 9 heteroatoms. The van der Waals surface area contributed by atoms with Crippen LogP contribution in [-0.4, -0.2) is 39.0 Å². The smallest absolute Gasteiger partial charge is 0.241 e. The summed E-state index contributed by atoms with van der Waals surface area (Å²) in [5.41, 5.74) is -1.08. The number of hydrogen-bond acceptors (Lipinski definition) is 5. The van der Waals surface area contributed by atoms with E-state index in [0.717, 1.165) is 12.1 Å². The van der Waals surface area contributed by atoms with Gasteiger partial charge in [0.05, 0.1) is 23.0 Å². The number of sulfonamides is 1. The van der Waals surface area contributed by atoms with Crippen LogP contribution in [0.2, 0.25) is 0 Å². The molecule has 0 aromatic heterocycles. The van der Waals surface area contributed by atoms with Crippen molar-refractivity contribution in [1.29, 1.82) is 0 Å². The summed E-state index contributed by atoms with van der Waals surface area (Å²) < 4.78 is 63.3. The maximum Gasteiger partial charge on any atom is 0.241 e. The standard InChI is InChI=1S/C12H16FNO5S2/c1-12(4-5-20(16,17)8-12)14-21(18,19)11-6-10(13)3-2-9(11)7-15/h2-3,6,14-15H,4-5,7-8H2,1H3. The Balaban J connectivity index is 2.38. The van der Waals surface area contributed by atoms with Crippen molar-refractivity contribution in [1.82, 2.24) is 4.72 Å². The molecule has 0 saturated carbocycles. The molecule has 2 N–H and O–H groups in total. The van der Waals surface area contributed by atoms with E-state index in [9.17, 15) is 26.3 Å². The minimum Gasteiger partial charge on any atom is -0.392 e. The summed E-state index contributed by atoms with van der Waals surface area (Å²) in [4.78, 5) is -0.379. The van der Waals surface area contributed by atoms with Crippen molar-refractivity contribution < 1.29 is 26.3 Å². The SMILES string of the molecule is CC1(NS(=O)(=O)c2cc(F)ccc2CO)CCS(=O)(=O)C1. The number of benzene rings is 1. The van der Waals surface area contributed by atoms with Gasteiger partial charge in [-0.3, -0.25) is 0 Å². The average molecular weight is 337 g/mol. The molecule has 118 valence electrons. The number of hydrogen-bond donors (Lipinski definition) is 2. The molecule has 1 saturated heterocycles. The van der Waals surface area contributed by atoms with Crippen molar-refractivity contribution in [2.45, 2.75) is 30.4 Å². The first-order chi connectivity index (χ1) is 9.57. The topological polar surface area (TPSA) is 101 Å². The number of rotatable bonds is 4. The third-order valence-electron chi connectivity index (χ3n) is 3.37. The number of aliphatic hydroxyl groups is 1. The summed E-state index contributed by atoms with van der Waals surface area (Å²) in [6, 6.07) is 3.03. The minimum absolute atomic E-state index is 0.0494. The number of halogens is 1. The highest BCUT2D eigenvalue weighted by molar-refractivity contribution is 7.92. The summed E-state index contributed by atoms with van der Waals surface area (Å²) in [6.07, 6.45) is 0.151. The molecule has 1 aromatic carbocycles. The molecule has 1 aromatic rings.